The van der Waals surface area contributed by atoms with Crippen molar-refractivity contribution in [2.75, 3.05) is 26.2 Å². The second-order valence-electron chi connectivity index (χ2n) is 6.12. The molecule has 0 radical (unpaired) electrons. The van der Waals surface area contributed by atoms with Gasteiger partial charge < -0.3 is 15.0 Å². The van der Waals surface area contributed by atoms with Gasteiger partial charge in [0.15, 0.2) is 0 Å². The van der Waals surface area contributed by atoms with Crippen LogP contribution in [0.5, 0.6) is 0 Å². The van der Waals surface area contributed by atoms with E-state index in [1.54, 1.807) is 12.1 Å². The Labute approximate surface area is 156 Å². The number of carbonyl (C=O) groups is 1. The summed E-state index contributed by atoms with van der Waals surface area (Å²) < 4.78 is 27.5. The predicted octanol–water partition coefficient (Wildman–Crippen LogP) is 2.46. The van der Waals surface area contributed by atoms with Crippen LogP contribution < -0.4 is 10.5 Å². The number of rotatable bonds is 12. The lowest BCUT2D eigenvalue weighted by atomic mass is 10.2. The summed E-state index contributed by atoms with van der Waals surface area (Å²) >= 11 is 0. The molecule has 0 unspecified atom stereocenters. The number of nitrogens with one attached hydrogen (secondary N) is 1. The Morgan fingerprint density at radius 1 is 1.08 bits per heavy atom. The van der Waals surface area contributed by atoms with Crippen molar-refractivity contribution < 1.29 is 17.9 Å². The molecule has 0 atom stereocenters. The average Bonchev–Trinajstić information content (AvgIpc) is 2.62. The van der Waals surface area contributed by atoms with Gasteiger partial charge >= 0.3 is 6.09 Å². The van der Waals surface area contributed by atoms with Crippen molar-refractivity contribution in [3.05, 3.63) is 29.8 Å². The third-order valence-electron chi connectivity index (χ3n) is 4.18. The molecule has 1 amide bonds. The maximum Gasteiger partial charge on any atom is 0.407 e. The first-order valence-corrected chi connectivity index (χ1v) is 10.7. The van der Waals surface area contributed by atoms with Crippen LogP contribution in [0, 0.1) is 0 Å². The molecular weight excluding hydrogens is 354 g/mol. The van der Waals surface area contributed by atoms with E-state index >= 15 is 0 Å². The van der Waals surface area contributed by atoms with E-state index < -0.39 is 16.1 Å². The lowest BCUT2D eigenvalue weighted by molar-refractivity contribution is 0.143. The second-order valence-corrected chi connectivity index (χ2v) is 7.68. The largest absolute Gasteiger partial charge is 0.450 e. The molecule has 3 N–H and O–H groups in total. The summed E-state index contributed by atoms with van der Waals surface area (Å²) in [5.41, 5.74) is 0.769. The van der Waals surface area contributed by atoms with Crippen molar-refractivity contribution in [2.24, 2.45) is 5.14 Å². The summed E-state index contributed by atoms with van der Waals surface area (Å²) in [6.07, 6.45) is 3.74. The maximum absolute atomic E-state index is 11.6. The van der Waals surface area contributed by atoms with E-state index in [9.17, 15) is 13.2 Å². The topological polar surface area (TPSA) is 102 Å². The molecule has 0 aliphatic rings. The molecule has 8 heteroatoms. The summed E-state index contributed by atoms with van der Waals surface area (Å²) in [4.78, 5) is 14.1. The van der Waals surface area contributed by atoms with Gasteiger partial charge in [-0.05, 0) is 50.2 Å². The number of primary sulfonamides is 1. The average molecular weight is 386 g/mol. The van der Waals surface area contributed by atoms with Gasteiger partial charge in [-0.15, -0.1) is 0 Å². The molecular formula is C18H31N3O4S. The van der Waals surface area contributed by atoms with Crippen molar-refractivity contribution in [1.82, 2.24) is 10.2 Å². The Kier molecular flexibility index (Phi) is 10.2. The number of nitrogens with two attached hydrogens (primary N) is 1. The summed E-state index contributed by atoms with van der Waals surface area (Å²) in [5.74, 6) is 0. The first kappa shape index (κ1) is 22.4. The van der Waals surface area contributed by atoms with Crippen LogP contribution in [0.25, 0.3) is 0 Å². The Morgan fingerprint density at radius 3 is 2.27 bits per heavy atom. The zero-order valence-corrected chi connectivity index (χ0v) is 16.6. The van der Waals surface area contributed by atoms with Gasteiger partial charge in [-0.25, -0.2) is 18.4 Å². The zero-order chi connectivity index (χ0) is 19.4. The minimum Gasteiger partial charge on any atom is -0.450 e. The van der Waals surface area contributed by atoms with E-state index in [1.807, 2.05) is 0 Å². The van der Waals surface area contributed by atoms with Gasteiger partial charge in [-0.3, -0.25) is 0 Å². The Balaban J connectivity index is 2.12. The number of hydrogen-bond donors (Lipinski definition) is 2. The molecule has 0 bridgehead atoms. The number of unbranched alkanes of at least 4 members (excludes halogenated alkanes) is 3. The van der Waals surface area contributed by atoms with Gasteiger partial charge in [0.05, 0.1) is 11.5 Å². The summed E-state index contributed by atoms with van der Waals surface area (Å²) in [6.45, 7) is 8.32. The lowest BCUT2D eigenvalue weighted by Gasteiger charge is -2.17. The highest BCUT2D eigenvalue weighted by molar-refractivity contribution is 7.89. The van der Waals surface area contributed by atoms with E-state index in [2.05, 4.69) is 24.1 Å². The highest BCUT2D eigenvalue weighted by Gasteiger charge is 2.07. The Bertz CT molecular complexity index is 628. The van der Waals surface area contributed by atoms with Crippen LogP contribution in [0.4, 0.5) is 4.79 Å². The highest BCUT2D eigenvalue weighted by Crippen LogP contribution is 2.08. The normalized spacial score (nSPS) is 11.5. The van der Waals surface area contributed by atoms with Gasteiger partial charge in [0, 0.05) is 6.54 Å². The number of amides is 1. The van der Waals surface area contributed by atoms with Crippen molar-refractivity contribution in [2.45, 2.75) is 51.0 Å². The first-order valence-electron chi connectivity index (χ1n) is 9.11. The van der Waals surface area contributed by atoms with Crippen LogP contribution in [-0.4, -0.2) is 45.7 Å². The third-order valence-corrected chi connectivity index (χ3v) is 5.11. The molecule has 0 saturated heterocycles. The summed E-state index contributed by atoms with van der Waals surface area (Å²) in [6, 6.07) is 6.04. The first-order chi connectivity index (χ1) is 12.4. The van der Waals surface area contributed by atoms with E-state index in [0.717, 1.165) is 44.5 Å². The number of hydrogen-bond acceptors (Lipinski definition) is 5. The van der Waals surface area contributed by atoms with Crippen molar-refractivity contribution >= 4 is 16.1 Å². The summed E-state index contributed by atoms with van der Waals surface area (Å²) in [5, 5.41) is 7.68. The fourth-order valence-corrected chi connectivity index (χ4v) is 3.03. The number of alkyl carbamates (subject to hydrolysis) is 1. The molecule has 0 saturated carbocycles. The SMILES string of the molecule is CCN(CC)CCCCCCOC(=O)NCc1ccc(S(N)(=O)=O)cc1. The fourth-order valence-electron chi connectivity index (χ4n) is 2.52. The molecule has 148 valence electrons. The zero-order valence-electron chi connectivity index (χ0n) is 15.7. The van der Waals surface area contributed by atoms with Crippen LogP contribution in [0.3, 0.4) is 0 Å². The molecule has 0 fully saturated rings. The maximum atomic E-state index is 11.6. The van der Waals surface area contributed by atoms with Crippen LogP contribution in [-0.2, 0) is 21.3 Å². The third kappa shape index (κ3) is 9.17. The van der Waals surface area contributed by atoms with E-state index in [-0.39, 0.29) is 11.4 Å². The Hall–Kier alpha value is -1.64. The molecule has 0 aromatic heterocycles. The molecule has 1 rings (SSSR count). The minimum absolute atomic E-state index is 0.0461. The fraction of sp³-hybridized carbons (Fsp3) is 0.611. The summed E-state index contributed by atoms with van der Waals surface area (Å²) in [7, 11) is -3.70. The monoisotopic (exact) mass is 385 g/mol. The van der Waals surface area contributed by atoms with Crippen LogP contribution in [0.2, 0.25) is 0 Å². The van der Waals surface area contributed by atoms with Crippen LogP contribution in [0.15, 0.2) is 29.2 Å². The van der Waals surface area contributed by atoms with E-state index in [4.69, 9.17) is 9.88 Å². The quantitative estimate of drug-likeness (QED) is 0.538. The molecule has 26 heavy (non-hydrogen) atoms. The van der Waals surface area contributed by atoms with Gasteiger partial charge in [-0.1, -0.05) is 38.8 Å². The van der Waals surface area contributed by atoms with Gasteiger partial charge in [-0.2, -0.15) is 0 Å². The number of sulfonamides is 1. The minimum atomic E-state index is -3.70. The number of benzene rings is 1. The number of nitrogens with zero attached hydrogens (tertiary/aromatic N) is 1. The number of carbonyl (C=O) groups excluding carboxylic acids is 1. The van der Waals surface area contributed by atoms with Gasteiger partial charge in [0.2, 0.25) is 10.0 Å². The standard InChI is InChI=1S/C18H31N3O4S/c1-3-21(4-2)13-7-5-6-8-14-25-18(22)20-15-16-9-11-17(12-10-16)26(19,23)24/h9-12H,3-8,13-15H2,1-2H3,(H,20,22)(H2,19,23,24). The molecule has 7 nitrogen and oxygen atoms in total. The molecule has 0 aliphatic carbocycles. The van der Waals surface area contributed by atoms with E-state index in [1.165, 1.54) is 18.6 Å². The molecule has 0 aliphatic heterocycles. The predicted molar refractivity (Wildman–Crippen MR) is 102 cm³/mol. The van der Waals surface area contributed by atoms with Crippen LogP contribution >= 0.6 is 0 Å². The van der Waals surface area contributed by atoms with E-state index in [0.29, 0.717) is 6.61 Å². The molecule has 0 heterocycles. The van der Waals surface area contributed by atoms with Crippen LogP contribution in [0.1, 0.15) is 45.1 Å². The second kappa shape index (κ2) is 11.9. The molecule has 1 aromatic rings. The van der Waals surface area contributed by atoms with Crippen molar-refractivity contribution in [3.8, 4) is 0 Å². The number of ether oxygens (including phenoxy) is 1. The molecule has 1 aromatic carbocycles. The Morgan fingerprint density at radius 2 is 1.69 bits per heavy atom. The molecule has 0 spiro atoms. The van der Waals surface area contributed by atoms with Gasteiger partial charge in [0.25, 0.3) is 0 Å². The van der Waals surface area contributed by atoms with Crippen molar-refractivity contribution in [3.63, 3.8) is 0 Å². The van der Waals surface area contributed by atoms with Crippen molar-refractivity contribution in [1.29, 1.82) is 0 Å². The lowest BCUT2D eigenvalue weighted by Crippen LogP contribution is -2.24. The highest BCUT2D eigenvalue weighted by atomic mass is 32.2. The smallest absolute Gasteiger partial charge is 0.407 e. The van der Waals surface area contributed by atoms with Gasteiger partial charge in [0.1, 0.15) is 0 Å².